The Balaban J connectivity index is 1.89. The lowest BCUT2D eigenvalue weighted by Crippen LogP contribution is -2.29. The smallest absolute Gasteiger partial charge is 0.335 e. The molecule has 0 heterocycles. The van der Waals surface area contributed by atoms with Crippen LogP contribution >= 0.6 is 0 Å². The van der Waals surface area contributed by atoms with E-state index in [1.807, 2.05) is 0 Å². The Bertz CT molecular complexity index is 1230. The molecule has 45 heavy (non-hydrogen) atoms. The Hall–Kier alpha value is -2.70. The van der Waals surface area contributed by atoms with E-state index in [2.05, 4.69) is 119 Å². The third-order valence-electron chi connectivity index (χ3n) is 8.17. The molecule has 0 bridgehead atoms. The van der Waals surface area contributed by atoms with Crippen molar-refractivity contribution in [3.63, 3.8) is 0 Å². The van der Waals surface area contributed by atoms with Gasteiger partial charge in [-0.15, -0.1) is 0 Å². The number of carbonyl (C=O) groups is 2. The number of ether oxygens (including phenoxy) is 2. The van der Waals surface area contributed by atoms with Crippen molar-refractivity contribution in [1.29, 1.82) is 0 Å². The third-order valence-corrected chi connectivity index (χ3v) is 8.17. The molecule has 2 aromatic rings. The quantitative estimate of drug-likeness (QED) is 0.197. The van der Waals surface area contributed by atoms with Crippen LogP contribution < -0.4 is 0 Å². The number of esters is 2. The molecule has 3 unspecified atom stereocenters. The molecule has 0 saturated carbocycles. The van der Waals surface area contributed by atoms with Crippen molar-refractivity contribution in [1.82, 2.24) is 0 Å². The molecule has 0 aliphatic carbocycles. The molecule has 6 nitrogen and oxygen atoms in total. The highest BCUT2D eigenvalue weighted by Gasteiger charge is 2.26. The van der Waals surface area contributed by atoms with Gasteiger partial charge in [0.1, 0.15) is 0 Å². The molecule has 0 aliphatic rings. The van der Waals surface area contributed by atoms with Gasteiger partial charge in [-0.25, -0.2) is 9.59 Å². The van der Waals surface area contributed by atoms with E-state index in [4.69, 9.17) is 9.47 Å². The first-order valence-electron chi connectivity index (χ1n) is 16.4. The number of hydrogen-bond acceptors (Lipinski definition) is 6. The van der Waals surface area contributed by atoms with E-state index in [-0.39, 0.29) is 41.1 Å². The monoisotopic (exact) mass is 624 g/mol. The highest BCUT2D eigenvalue weighted by atomic mass is 16.6. The number of benzene rings is 2. The van der Waals surface area contributed by atoms with Crippen LogP contribution in [0, 0.1) is 0 Å². The number of rotatable bonds is 11. The van der Waals surface area contributed by atoms with E-state index in [1.54, 1.807) is 6.92 Å². The van der Waals surface area contributed by atoms with Crippen LogP contribution in [-0.2, 0) is 53.6 Å². The fourth-order valence-electron chi connectivity index (χ4n) is 4.94. The third kappa shape index (κ3) is 12.2. The van der Waals surface area contributed by atoms with Gasteiger partial charge in [0.15, 0.2) is 12.2 Å². The van der Waals surface area contributed by atoms with Crippen LogP contribution in [0.15, 0.2) is 36.4 Å². The summed E-state index contributed by atoms with van der Waals surface area (Å²) in [6.07, 6.45) is -1.75. The van der Waals surface area contributed by atoms with Gasteiger partial charge >= 0.3 is 11.9 Å². The second-order valence-corrected chi connectivity index (χ2v) is 16.8. The highest BCUT2D eigenvalue weighted by molar-refractivity contribution is 5.75. The van der Waals surface area contributed by atoms with Crippen LogP contribution in [0.1, 0.15) is 136 Å². The Morgan fingerprint density at radius 2 is 0.933 bits per heavy atom. The van der Waals surface area contributed by atoms with Gasteiger partial charge in [0, 0.05) is 12.8 Å². The fourth-order valence-corrected chi connectivity index (χ4v) is 4.94. The van der Waals surface area contributed by atoms with Crippen LogP contribution in [0.2, 0.25) is 0 Å². The van der Waals surface area contributed by atoms with Crippen LogP contribution in [0.25, 0.3) is 0 Å². The molecule has 0 spiro atoms. The molecule has 6 heteroatoms. The SMILES string of the molecule is CC(CCCOC(=O)C(O)Cc1cc(C(C)(C)C)cc(C(C)(C)C)c1)OC(=O)C(O)Cc1cc(C(C)(C)C)cc(C(C)(C)C)c1. The first-order valence-corrected chi connectivity index (χ1v) is 16.4. The predicted molar refractivity (Wildman–Crippen MR) is 183 cm³/mol. The maximum atomic E-state index is 12.7. The Kier molecular flexibility index (Phi) is 12.7. The summed E-state index contributed by atoms with van der Waals surface area (Å²) in [7, 11) is 0. The number of aliphatic hydroxyl groups is 2. The summed E-state index contributed by atoms with van der Waals surface area (Å²) < 4.78 is 10.9. The second kappa shape index (κ2) is 14.8. The Morgan fingerprint density at radius 3 is 1.27 bits per heavy atom. The first-order chi connectivity index (χ1) is 20.4. The van der Waals surface area contributed by atoms with Crippen molar-refractivity contribution in [3.05, 3.63) is 69.8 Å². The predicted octanol–water partition coefficient (Wildman–Crippen LogP) is 7.64. The van der Waals surface area contributed by atoms with E-state index < -0.39 is 30.3 Å². The van der Waals surface area contributed by atoms with Crippen LogP contribution in [0.3, 0.4) is 0 Å². The van der Waals surface area contributed by atoms with Crippen molar-refractivity contribution in [2.75, 3.05) is 6.61 Å². The molecule has 2 aromatic carbocycles. The topological polar surface area (TPSA) is 93.1 Å². The molecule has 0 aromatic heterocycles. The van der Waals surface area contributed by atoms with Gasteiger partial charge in [-0.05, 0) is 74.8 Å². The van der Waals surface area contributed by atoms with Gasteiger partial charge in [0.05, 0.1) is 12.7 Å². The molecule has 0 amide bonds. The molecule has 0 aliphatic heterocycles. The minimum atomic E-state index is -1.28. The fraction of sp³-hybridized carbons (Fsp3) is 0.641. The van der Waals surface area contributed by atoms with E-state index in [9.17, 15) is 19.8 Å². The molecule has 3 atom stereocenters. The van der Waals surface area contributed by atoms with Crippen molar-refractivity contribution in [2.45, 2.75) is 156 Å². The molecule has 0 fully saturated rings. The summed E-state index contributed by atoms with van der Waals surface area (Å²) in [6, 6.07) is 12.6. The summed E-state index contributed by atoms with van der Waals surface area (Å²) in [6.45, 7) is 27.7. The number of carbonyl (C=O) groups excluding carboxylic acids is 2. The van der Waals surface area contributed by atoms with Crippen molar-refractivity contribution < 1.29 is 29.3 Å². The van der Waals surface area contributed by atoms with Crippen molar-refractivity contribution in [3.8, 4) is 0 Å². The van der Waals surface area contributed by atoms with Gasteiger partial charge in [-0.1, -0.05) is 119 Å². The number of hydrogen-bond donors (Lipinski definition) is 2. The lowest BCUT2D eigenvalue weighted by Gasteiger charge is -2.26. The first kappa shape index (κ1) is 38.5. The van der Waals surface area contributed by atoms with E-state index in [0.29, 0.717) is 12.8 Å². The normalized spacial score (nSPS) is 14.9. The van der Waals surface area contributed by atoms with Gasteiger partial charge in [0.25, 0.3) is 0 Å². The maximum Gasteiger partial charge on any atom is 0.335 e. The zero-order chi connectivity index (χ0) is 34.5. The van der Waals surface area contributed by atoms with Gasteiger partial charge < -0.3 is 19.7 Å². The average Bonchev–Trinajstić information content (AvgIpc) is 2.88. The number of aliphatic hydroxyl groups excluding tert-OH is 2. The molecule has 0 saturated heterocycles. The highest BCUT2D eigenvalue weighted by Crippen LogP contribution is 2.32. The van der Waals surface area contributed by atoms with Crippen molar-refractivity contribution >= 4 is 11.9 Å². The van der Waals surface area contributed by atoms with Crippen LogP contribution in [0.4, 0.5) is 0 Å². The van der Waals surface area contributed by atoms with Gasteiger partial charge in [0.2, 0.25) is 0 Å². The molecular weight excluding hydrogens is 564 g/mol. The maximum absolute atomic E-state index is 12.7. The van der Waals surface area contributed by atoms with E-state index >= 15 is 0 Å². The zero-order valence-electron chi connectivity index (χ0n) is 30.3. The molecule has 252 valence electrons. The zero-order valence-corrected chi connectivity index (χ0v) is 30.3. The summed E-state index contributed by atoms with van der Waals surface area (Å²) >= 11 is 0. The summed E-state index contributed by atoms with van der Waals surface area (Å²) in [5.41, 5.74) is 6.17. The van der Waals surface area contributed by atoms with E-state index in [1.165, 1.54) is 0 Å². The van der Waals surface area contributed by atoms with E-state index in [0.717, 1.165) is 33.4 Å². The Morgan fingerprint density at radius 1 is 0.600 bits per heavy atom. The summed E-state index contributed by atoms with van der Waals surface area (Å²) in [5, 5.41) is 21.3. The largest absolute Gasteiger partial charge is 0.464 e. The minimum absolute atomic E-state index is 0.0647. The Labute approximate surface area is 272 Å². The van der Waals surface area contributed by atoms with Gasteiger partial charge in [-0.2, -0.15) is 0 Å². The summed E-state index contributed by atoms with van der Waals surface area (Å²) in [4.78, 5) is 25.3. The van der Waals surface area contributed by atoms with Gasteiger partial charge in [-0.3, -0.25) is 0 Å². The lowest BCUT2D eigenvalue weighted by atomic mass is 9.79. The standard InChI is InChI=1S/C39H60O6/c1-25(45-35(43)33(41)22-27-19-30(38(8,9)10)24-31(20-27)39(11,12)13)15-14-16-44-34(42)32(40)21-26-17-28(36(2,3)4)23-29(18-26)37(5,6)7/h17-20,23-25,32-33,40-41H,14-16,21-22H2,1-13H3. The molecule has 2 rings (SSSR count). The molecule has 0 radical (unpaired) electrons. The molecule has 2 N–H and O–H groups in total. The summed E-state index contributed by atoms with van der Waals surface area (Å²) in [5.74, 6) is -1.33. The van der Waals surface area contributed by atoms with Crippen molar-refractivity contribution in [2.24, 2.45) is 0 Å². The average molecular weight is 625 g/mol. The molecular formula is C39H60O6. The van der Waals surface area contributed by atoms with Crippen LogP contribution in [-0.4, -0.2) is 47.1 Å². The lowest BCUT2D eigenvalue weighted by molar-refractivity contribution is -0.159. The van der Waals surface area contributed by atoms with Crippen LogP contribution in [0.5, 0.6) is 0 Å². The minimum Gasteiger partial charge on any atom is -0.464 e. The second-order valence-electron chi connectivity index (χ2n) is 16.8.